The van der Waals surface area contributed by atoms with Crippen LogP contribution in [0.15, 0.2) is 30.6 Å². The summed E-state index contributed by atoms with van der Waals surface area (Å²) in [6, 6.07) is 5.37. The van der Waals surface area contributed by atoms with Gasteiger partial charge in [0.2, 0.25) is 0 Å². The van der Waals surface area contributed by atoms with E-state index in [1.807, 2.05) is 0 Å². The Morgan fingerprint density at radius 3 is 2.90 bits per heavy atom. The van der Waals surface area contributed by atoms with Gasteiger partial charge in [-0.1, -0.05) is 12.1 Å². The maximum absolute atomic E-state index is 11.4. The smallest absolute Gasteiger partial charge is 0.330 e. The molecule has 1 unspecified atom stereocenters. The first kappa shape index (κ1) is 13.7. The van der Waals surface area contributed by atoms with E-state index in [4.69, 9.17) is 0 Å². The molecule has 1 atom stereocenters. The van der Waals surface area contributed by atoms with Crippen LogP contribution in [0.1, 0.15) is 13.0 Å². The zero-order valence-corrected chi connectivity index (χ0v) is 10.9. The quantitative estimate of drug-likeness (QED) is 0.477. The zero-order valence-electron chi connectivity index (χ0n) is 10.9. The number of ether oxygens (including phenoxy) is 1. The number of esters is 1. The summed E-state index contributed by atoms with van der Waals surface area (Å²) in [5.74, 6) is -0.134. The Balaban J connectivity index is 2.31. The van der Waals surface area contributed by atoms with Crippen molar-refractivity contribution in [3.8, 4) is 11.4 Å². The van der Waals surface area contributed by atoms with E-state index in [0.717, 1.165) is 0 Å². The standard InChI is InChI=1S/C12H12N4O4/c1-8(12(17)20-2)15-7-13-11(14-15)9-4-3-5-10(6-9)16(18)19/h3-8H,1-2H3. The molecule has 0 spiro atoms. The van der Waals surface area contributed by atoms with Gasteiger partial charge < -0.3 is 4.74 Å². The maximum Gasteiger partial charge on any atom is 0.330 e. The summed E-state index contributed by atoms with van der Waals surface area (Å²) in [6.45, 7) is 1.62. The molecule has 0 N–H and O–H groups in total. The van der Waals surface area contributed by atoms with E-state index < -0.39 is 16.9 Å². The van der Waals surface area contributed by atoms with Crippen molar-refractivity contribution >= 4 is 11.7 Å². The van der Waals surface area contributed by atoms with E-state index in [-0.39, 0.29) is 5.69 Å². The second kappa shape index (κ2) is 5.47. The monoisotopic (exact) mass is 276 g/mol. The van der Waals surface area contributed by atoms with Gasteiger partial charge in [0, 0.05) is 17.7 Å². The molecule has 0 aliphatic carbocycles. The highest BCUT2D eigenvalue weighted by Crippen LogP contribution is 2.21. The van der Waals surface area contributed by atoms with E-state index in [9.17, 15) is 14.9 Å². The Morgan fingerprint density at radius 1 is 1.50 bits per heavy atom. The number of non-ortho nitro benzene ring substituents is 1. The second-order valence-corrected chi connectivity index (χ2v) is 4.05. The molecule has 0 saturated heterocycles. The Kier molecular flexibility index (Phi) is 3.74. The molecule has 0 aliphatic heterocycles. The van der Waals surface area contributed by atoms with Crippen molar-refractivity contribution < 1.29 is 14.5 Å². The van der Waals surface area contributed by atoms with E-state index in [1.165, 1.54) is 30.3 Å². The molecule has 2 aromatic rings. The molecule has 8 nitrogen and oxygen atoms in total. The number of carbonyl (C=O) groups is 1. The van der Waals surface area contributed by atoms with Gasteiger partial charge in [0.15, 0.2) is 5.82 Å². The Bertz CT molecular complexity index is 652. The number of rotatable bonds is 4. The number of methoxy groups -OCH3 is 1. The fraction of sp³-hybridized carbons (Fsp3) is 0.250. The summed E-state index contributed by atoms with van der Waals surface area (Å²) in [6.07, 6.45) is 1.38. The fourth-order valence-electron chi connectivity index (χ4n) is 1.63. The molecule has 20 heavy (non-hydrogen) atoms. The summed E-state index contributed by atoms with van der Waals surface area (Å²) in [5.41, 5.74) is 0.467. The van der Waals surface area contributed by atoms with E-state index in [1.54, 1.807) is 19.1 Å². The number of carbonyl (C=O) groups excluding carboxylic acids is 1. The van der Waals surface area contributed by atoms with Gasteiger partial charge in [0.25, 0.3) is 5.69 Å². The van der Waals surface area contributed by atoms with Gasteiger partial charge in [-0.15, -0.1) is 0 Å². The normalized spacial score (nSPS) is 11.9. The third-order valence-electron chi connectivity index (χ3n) is 2.76. The topological polar surface area (TPSA) is 100 Å². The molecule has 1 aromatic heterocycles. The first-order chi connectivity index (χ1) is 9.52. The van der Waals surface area contributed by atoms with Gasteiger partial charge in [-0.2, -0.15) is 5.10 Å². The van der Waals surface area contributed by atoms with Gasteiger partial charge in [0.05, 0.1) is 12.0 Å². The van der Waals surface area contributed by atoms with Crippen LogP contribution in [0, 0.1) is 10.1 Å². The largest absolute Gasteiger partial charge is 0.467 e. The highest BCUT2D eigenvalue weighted by Gasteiger charge is 2.18. The summed E-state index contributed by atoms with van der Waals surface area (Å²) in [5, 5.41) is 14.9. The van der Waals surface area contributed by atoms with Crippen molar-refractivity contribution in [2.75, 3.05) is 7.11 Å². The molecule has 0 radical (unpaired) electrons. The minimum atomic E-state index is -0.611. The summed E-state index contributed by atoms with van der Waals surface area (Å²) in [4.78, 5) is 25.7. The third-order valence-corrected chi connectivity index (χ3v) is 2.76. The molecule has 0 bridgehead atoms. The van der Waals surface area contributed by atoms with Crippen LogP contribution < -0.4 is 0 Å². The van der Waals surface area contributed by atoms with Gasteiger partial charge in [-0.05, 0) is 6.92 Å². The minimum Gasteiger partial charge on any atom is -0.467 e. The van der Waals surface area contributed by atoms with Gasteiger partial charge in [-0.3, -0.25) is 10.1 Å². The van der Waals surface area contributed by atoms with Crippen LogP contribution in [-0.4, -0.2) is 32.8 Å². The van der Waals surface area contributed by atoms with E-state index in [2.05, 4.69) is 14.8 Å². The molecular formula is C12H12N4O4. The fourth-order valence-corrected chi connectivity index (χ4v) is 1.63. The molecule has 0 saturated carbocycles. The lowest BCUT2D eigenvalue weighted by Crippen LogP contribution is -2.18. The van der Waals surface area contributed by atoms with Crippen LogP contribution in [-0.2, 0) is 9.53 Å². The number of nitrogens with zero attached hydrogens (tertiary/aromatic N) is 4. The predicted molar refractivity (Wildman–Crippen MR) is 68.8 cm³/mol. The molecule has 1 aromatic carbocycles. The van der Waals surface area contributed by atoms with Crippen molar-refractivity contribution in [3.05, 3.63) is 40.7 Å². The van der Waals surface area contributed by atoms with Gasteiger partial charge in [-0.25, -0.2) is 14.5 Å². The highest BCUT2D eigenvalue weighted by molar-refractivity contribution is 5.73. The maximum atomic E-state index is 11.4. The molecule has 0 aliphatic rings. The summed E-state index contributed by atoms with van der Waals surface area (Å²) >= 11 is 0. The molecule has 2 rings (SSSR count). The molecule has 1 heterocycles. The number of benzene rings is 1. The summed E-state index contributed by atoms with van der Waals surface area (Å²) < 4.78 is 5.96. The van der Waals surface area contributed by atoms with Crippen molar-refractivity contribution in [1.82, 2.24) is 14.8 Å². The predicted octanol–water partition coefficient (Wildman–Crippen LogP) is 1.59. The number of nitro benzene ring substituents is 1. The first-order valence-electron chi connectivity index (χ1n) is 5.76. The highest BCUT2D eigenvalue weighted by atomic mass is 16.6. The average Bonchev–Trinajstić information content (AvgIpc) is 2.95. The van der Waals surface area contributed by atoms with Gasteiger partial charge in [0.1, 0.15) is 12.4 Å². The second-order valence-electron chi connectivity index (χ2n) is 4.05. The van der Waals surface area contributed by atoms with Crippen LogP contribution in [0.5, 0.6) is 0 Å². The Labute approximate surface area is 114 Å². The van der Waals surface area contributed by atoms with Crippen LogP contribution in [0.2, 0.25) is 0 Å². The molecule has 8 heteroatoms. The van der Waals surface area contributed by atoms with E-state index in [0.29, 0.717) is 11.4 Å². The Morgan fingerprint density at radius 2 is 2.25 bits per heavy atom. The lowest BCUT2D eigenvalue weighted by Gasteiger charge is -2.07. The zero-order chi connectivity index (χ0) is 14.7. The number of nitro groups is 1. The number of hydrogen-bond acceptors (Lipinski definition) is 6. The van der Waals surface area contributed by atoms with Crippen LogP contribution in [0.3, 0.4) is 0 Å². The molecule has 0 fully saturated rings. The van der Waals surface area contributed by atoms with Crippen LogP contribution >= 0.6 is 0 Å². The summed E-state index contributed by atoms with van der Waals surface area (Å²) in [7, 11) is 1.29. The first-order valence-corrected chi connectivity index (χ1v) is 5.76. The number of aromatic nitrogens is 3. The Hall–Kier alpha value is -2.77. The minimum absolute atomic E-state index is 0.0418. The lowest BCUT2D eigenvalue weighted by molar-refractivity contribution is -0.384. The molecule has 104 valence electrons. The lowest BCUT2D eigenvalue weighted by atomic mass is 10.2. The molecular weight excluding hydrogens is 264 g/mol. The van der Waals surface area contributed by atoms with Crippen molar-refractivity contribution in [2.24, 2.45) is 0 Å². The number of hydrogen-bond donors (Lipinski definition) is 0. The average molecular weight is 276 g/mol. The SMILES string of the molecule is COC(=O)C(C)n1cnc(-c2cccc([N+](=O)[O-])c2)n1. The van der Waals surface area contributed by atoms with Crippen molar-refractivity contribution in [3.63, 3.8) is 0 Å². The molecule has 0 amide bonds. The van der Waals surface area contributed by atoms with E-state index >= 15 is 0 Å². The van der Waals surface area contributed by atoms with Crippen LogP contribution in [0.25, 0.3) is 11.4 Å². The van der Waals surface area contributed by atoms with Crippen LogP contribution in [0.4, 0.5) is 5.69 Å². The van der Waals surface area contributed by atoms with Gasteiger partial charge >= 0.3 is 5.97 Å². The van der Waals surface area contributed by atoms with Crippen molar-refractivity contribution in [2.45, 2.75) is 13.0 Å². The third kappa shape index (κ3) is 2.63. The van der Waals surface area contributed by atoms with Crippen molar-refractivity contribution in [1.29, 1.82) is 0 Å².